The minimum Gasteiger partial charge on any atom is -0.370 e. The number of anilines is 3. The first-order valence-electron chi connectivity index (χ1n) is 14.5. The number of halogens is 1. The van der Waals surface area contributed by atoms with Gasteiger partial charge in [0.05, 0.1) is 29.8 Å². The molecule has 0 radical (unpaired) electrons. The summed E-state index contributed by atoms with van der Waals surface area (Å²) in [6, 6.07) is 12.0. The number of aryl methyl sites for hydroxylation is 1. The summed E-state index contributed by atoms with van der Waals surface area (Å²) in [5, 5.41) is 10.5. The summed E-state index contributed by atoms with van der Waals surface area (Å²) in [6.45, 7) is 10.9. The summed E-state index contributed by atoms with van der Waals surface area (Å²) in [7, 11) is 0. The van der Waals surface area contributed by atoms with Gasteiger partial charge in [-0.3, -0.25) is 9.88 Å². The van der Waals surface area contributed by atoms with Crippen molar-refractivity contribution in [1.29, 1.82) is 5.26 Å². The third-order valence-corrected chi connectivity index (χ3v) is 8.24. The van der Waals surface area contributed by atoms with Gasteiger partial charge in [-0.2, -0.15) is 10.2 Å². The van der Waals surface area contributed by atoms with Crippen molar-refractivity contribution < 1.29 is 9.13 Å². The number of rotatable bonds is 5. The van der Waals surface area contributed by atoms with Crippen molar-refractivity contribution in [2.24, 2.45) is 5.73 Å². The Balaban J connectivity index is 1.10. The minimum absolute atomic E-state index is 0.0671. The molecular formula is C30H38FN9O. The molecule has 4 atom stereocenters. The van der Waals surface area contributed by atoms with Gasteiger partial charge >= 0.3 is 0 Å². The number of hydrogen-bond acceptors (Lipinski definition) is 10. The normalized spacial score (nSPS) is 25.9. The van der Waals surface area contributed by atoms with E-state index in [9.17, 15) is 9.65 Å². The largest absolute Gasteiger partial charge is 0.370 e. The summed E-state index contributed by atoms with van der Waals surface area (Å²) < 4.78 is 20.6. The number of nitrogens with two attached hydrogens (primary N) is 1. The Morgan fingerprint density at radius 3 is 2.66 bits per heavy atom. The number of piperazine rings is 1. The lowest BCUT2D eigenvalue weighted by atomic mass is 10.1. The topological polar surface area (TPSA) is 111 Å². The molecule has 41 heavy (non-hydrogen) atoms. The van der Waals surface area contributed by atoms with Crippen LogP contribution in [0.1, 0.15) is 24.6 Å². The van der Waals surface area contributed by atoms with Crippen LogP contribution in [0, 0.1) is 18.3 Å². The first-order chi connectivity index (χ1) is 19.9. The molecule has 0 spiro atoms. The number of nitrogens with zero attached hydrogens (tertiary/aromatic N) is 8. The minimum atomic E-state index is -0.956. The number of nitriles is 1. The fourth-order valence-electron chi connectivity index (χ4n) is 6.39. The maximum absolute atomic E-state index is 14.2. The van der Waals surface area contributed by atoms with Gasteiger partial charge in [0.25, 0.3) is 0 Å². The van der Waals surface area contributed by atoms with Gasteiger partial charge < -0.3 is 25.2 Å². The lowest BCUT2D eigenvalue weighted by Crippen LogP contribution is -2.54. The Kier molecular flexibility index (Phi) is 7.88. The maximum Gasteiger partial charge on any atom is 0.227 e. The van der Waals surface area contributed by atoms with Crippen LogP contribution in [0.15, 0.2) is 36.5 Å². The average Bonchev–Trinajstić information content (AvgIpc) is 2.96. The van der Waals surface area contributed by atoms with Crippen molar-refractivity contribution >= 4 is 28.4 Å². The standard InChI is InChI=1S/C30H38FN9O/c1-20-12-28(36-30(35-20)40-16-23(31)13-24(33)17-40)38-10-8-37(9-11-38)18-25-19-39(15-21(2)41-25)27-6-5-22(14-32)29-26(27)4-3-7-34-29/h3-7,12,21,23-25H,8-11,13,15-19,33H2,1-2H3/t21-,23-,24?,25+/m1/s1. The number of ether oxygens (including phenoxy) is 1. The molecule has 0 aliphatic carbocycles. The second-order valence-electron chi connectivity index (χ2n) is 11.6. The van der Waals surface area contributed by atoms with E-state index in [1.54, 1.807) is 6.20 Å². The predicted molar refractivity (Wildman–Crippen MR) is 158 cm³/mol. The Morgan fingerprint density at radius 1 is 1.05 bits per heavy atom. The van der Waals surface area contributed by atoms with E-state index in [-0.39, 0.29) is 24.8 Å². The Hall–Kier alpha value is -3.59. The summed E-state index contributed by atoms with van der Waals surface area (Å²) in [5.41, 5.74) is 9.38. The zero-order valence-electron chi connectivity index (χ0n) is 23.8. The average molecular weight is 560 g/mol. The van der Waals surface area contributed by atoms with Gasteiger partial charge in [0.2, 0.25) is 5.95 Å². The van der Waals surface area contributed by atoms with E-state index < -0.39 is 6.17 Å². The first kappa shape index (κ1) is 27.6. The number of piperidine rings is 1. The second kappa shape index (κ2) is 11.7. The van der Waals surface area contributed by atoms with Gasteiger partial charge in [0, 0.05) is 87.4 Å². The molecule has 1 unspecified atom stereocenters. The highest BCUT2D eigenvalue weighted by molar-refractivity contribution is 5.95. The number of pyridine rings is 1. The van der Waals surface area contributed by atoms with Crippen LogP contribution >= 0.6 is 0 Å². The van der Waals surface area contributed by atoms with Crippen molar-refractivity contribution in [3.63, 3.8) is 0 Å². The van der Waals surface area contributed by atoms with Crippen LogP contribution in [-0.4, -0.2) is 103 Å². The van der Waals surface area contributed by atoms with E-state index in [4.69, 9.17) is 15.5 Å². The van der Waals surface area contributed by atoms with Gasteiger partial charge in [-0.15, -0.1) is 0 Å². The molecule has 10 nitrogen and oxygen atoms in total. The summed E-state index contributed by atoms with van der Waals surface area (Å²) in [5.74, 6) is 1.45. The Bertz CT molecular complexity index is 1410. The number of fused-ring (bicyclic) bond motifs is 1. The summed E-state index contributed by atoms with van der Waals surface area (Å²) in [4.78, 5) is 22.9. The molecule has 3 aliphatic heterocycles. The fourth-order valence-corrected chi connectivity index (χ4v) is 6.39. The molecule has 3 saturated heterocycles. The SMILES string of the molecule is Cc1cc(N2CCN(C[C@H]3CN(c4ccc(C#N)c5ncccc45)C[C@@H](C)O3)CC2)nc(N2CC(N)C[C@@H](F)C2)n1. The number of hydrogen-bond donors (Lipinski definition) is 1. The predicted octanol–water partition coefficient (Wildman–Crippen LogP) is 2.50. The lowest BCUT2D eigenvalue weighted by molar-refractivity contribution is -0.0327. The van der Waals surface area contributed by atoms with E-state index in [0.29, 0.717) is 24.5 Å². The number of aromatic nitrogens is 3. The molecule has 0 amide bonds. The molecule has 0 saturated carbocycles. The molecular weight excluding hydrogens is 521 g/mol. The Morgan fingerprint density at radius 2 is 1.88 bits per heavy atom. The smallest absolute Gasteiger partial charge is 0.227 e. The maximum atomic E-state index is 14.2. The number of morpholine rings is 1. The molecule has 3 fully saturated rings. The Labute approximate surface area is 240 Å². The van der Waals surface area contributed by atoms with Crippen LogP contribution in [0.3, 0.4) is 0 Å². The quantitative estimate of drug-likeness (QED) is 0.501. The van der Waals surface area contributed by atoms with Crippen LogP contribution in [0.4, 0.5) is 21.8 Å². The molecule has 216 valence electrons. The van der Waals surface area contributed by atoms with E-state index in [1.165, 1.54) is 0 Å². The van der Waals surface area contributed by atoms with Crippen LogP contribution in [-0.2, 0) is 4.74 Å². The van der Waals surface area contributed by atoms with Crippen LogP contribution in [0.5, 0.6) is 0 Å². The second-order valence-corrected chi connectivity index (χ2v) is 11.6. The number of alkyl halides is 1. The van der Waals surface area contributed by atoms with Crippen LogP contribution in [0.2, 0.25) is 0 Å². The van der Waals surface area contributed by atoms with E-state index in [1.807, 2.05) is 42.2 Å². The molecule has 2 aromatic heterocycles. The van der Waals surface area contributed by atoms with Gasteiger partial charge in [-0.25, -0.2) is 9.37 Å². The van der Waals surface area contributed by atoms with Crippen molar-refractivity contribution in [1.82, 2.24) is 19.9 Å². The highest BCUT2D eigenvalue weighted by Crippen LogP contribution is 2.30. The van der Waals surface area contributed by atoms with Gasteiger partial charge in [-0.05, 0) is 44.5 Å². The molecule has 5 heterocycles. The zero-order valence-corrected chi connectivity index (χ0v) is 23.8. The molecule has 1 aromatic carbocycles. The van der Waals surface area contributed by atoms with Crippen molar-refractivity contribution in [2.75, 3.05) is 73.6 Å². The number of benzene rings is 1. The summed E-state index contributed by atoms with van der Waals surface area (Å²) >= 11 is 0. The molecule has 6 rings (SSSR count). The van der Waals surface area contributed by atoms with Crippen molar-refractivity contribution in [3.8, 4) is 6.07 Å². The fraction of sp³-hybridized carbons (Fsp3) is 0.533. The molecule has 3 aliphatic rings. The highest BCUT2D eigenvalue weighted by atomic mass is 19.1. The monoisotopic (exact) mass is 559 g/mol. The van der Waals surface area contributed by atoms with Gasteiger partial charge in [-0.1, -0.05) is 0 Å². The molecule has 2 N–H and O–H groups in total. The lowest BCUT2D eigenvalue weighted by Gasteiger charge is -2.42. The third-order valence-electron chi connectivity index (χ3n) is 8.24. The molecule has 0 bridgehead atoms. The zero-order chi connectivity index (χ0) is 28.5. The highest BCUT2D eigenvalue weighted by Gasteiger charge is 2.31. The van der Waals surface area contributed by atoms with Gasteiger partial charge in [0.1, 0.15) is 18.1 Å². The third kappa shape index (κ3) is 6.05. The van der Waals surface area contributed by atoms with Crippen LogP contribution in [0.25, 0.3) is 10.9 Å². The summed E-state index contributed by atoms with van der Waals surface area (Å²) in [6.07, 6.45) is 1.33. The molecule has 11 heteroatoms. The van der Waals surface area contributed by atoms with Crippen molar-refractivity contribution in [3.05, 3.63) is 47.8 Å². The van der Waals surface area contributed by atoms with Crippen molar-refractivity contribution in [2.45, 2.75) is 44.7 Å². The van der Waals surface area contributed by atoms with E-state index in [2.05, 4.69) is 37.7 Å². The first-order valence-corrected chi connectivity index (χ1v) is 14.5. The van der Waals surface area contributed by atoms with E-state index in [0.717, 1.165) is 73.9 Å². The van der Waals surface area contributed by atoms with Crippen LogP contribution < -0.4 is 20.4 Å². The van der Waals surface area contributed by atoms with Gasteiger partial charge in [0.15, 0.2) is 0 Å². The molecule has 3 aromatic rings. The van der Waals surface area contributed by atoms with E-state index >= 15 is 0 Å².